The molecule has 1 N–H and O–H groups in total. The summed E-state index contributed by atoms with van der Waals surface area (Å²) in [6, 6.07) is 3.97. The van der Waals surface area contributed by atoms with Gasteiger partial charge in [0.25, 0.3) is 5.69 Å². The van der Waals surface area contributed by atoms with Crippen LogP contribution in [0.25, 0.3) is 0 Å². The zero-order valence-electron chi connectivity index (χ0n) is 9.47. The average Bonchev–Trinajstić information content (AvgIpc) is 2.35. The molecular weight excluding hydrogens is 281 g/mol. The number of nitrogens with zero attached hydrogens (tertiary/aromatic N) is 1. The molecule has 0 radical (unpaired) electrons. The first kappa shape index (κ1) is 14.8. The predicted octanol–water partition coefficient (Wildman–Crippen LogP) is 3.35. The van der Waals surface area contributed by atoms with Gasteiger partial charge in [-0.25, -0.2) is 0 Å². The van der Waals surface area contributed by atoms with Crippen LogP contribution in [-0.2, 0) is 0 Å². The van der Waals surface area contributed by atoms with Crippen LogP contribution in [0.1, 0.15) is 18.6 Å². The van der Waals surface area contributed by atoms with Gasteiger partial charge in [-0.3, -0.25) is 10.1 Å². The summed E-state index contributed by atoms with van der Waals surface area (Å²) in [4.78, 5) is 10.1. The number of hydrogen-bond donors (Lipinski definition) is 1. The molecule has 7 heteroatoms. The summed E-state index contributed by atoms with van der Waals surface area (Å²) in [6.45, 7) is 1.52. The summed E-state index contributed by atoms with van der Waals surface area (Å²) in [7, 11) is 0. The molecule has 0 aliphatic heterocycles. The first-order valence-electron chi connectivity index (χ1n) is 4.99. The Balaban J connectivity index is 3.00. The second-order valence-electron chi connectivity index (χ2n) is 3.50. The average molecular weight is 292 g/mol. The lowest BCUT2D eigenvalue weighted by atomic mass is 10.1. The molecule has 0 bridgehead atoms. The van der Waals surface area contributed by atoms with Gasteiger partial charge in [-0.05, 0) is 13.0 Å². The smallest absolute Gasteiger partial charge is 0.270 e. The number of aliphatic hydroxyl groups excluding tert-OH is 1. The molecule has 1 aromatic carbocycles. The minimum atomic E-state index is -0.890. The molecule has 98 valence electrons. The number of ether oxygens (including phenoxy) is 1. The molecule has 0 amide bonds. The largest absolute Gasteiger partial charge is 0.488 e. The quantitative estimate of drug-likeness (QED) is 0.667. The predicted molar refractivity (Wildman–Crippen MR) is 69.0 cm³/mol. The lowest BCUT2D eigenvalue weighted by Gasteiger charge is -2.12. The van der Waals surface area contributed by atoms with Gasteiger partial charge in [-0.2, -0.15) is 0 Å². The number of rotatable bonds is 5. The molecule has 0 aliphatic carbocycles. The van der Waals surface area contributed by atoms with E-state index in [4.69, 9.17) is 27.9 Å². The van der Waals surface area contributed by atoms with Crippen LogP contribution in [-0.4, -0.2) is 16.6 Å². The summed E-state index contributed by atoms with van der Waals surface area (Å²) in [6.07, 6.45) is -0.890. The van der Waals surface area contributed by atoms with Gasteiger partial charge in [0, 0.05) is 23.2 Å². The standard InChI is InChI=1S/C11H11Cl2NO4/c1-7(15)10-4-9(14(16)17)2-3-11(10)18-6-8(13)5-12/h2-5,7,15H,6H2,1H3/b8-5-/t7-/m1/s1. The highest BCUT2D eigenvalue weighted by atomic mass is 35.5. The molecule has 0 aliphatic rings. The minimum absolute atomic E-state index is 0.0303. The van der Waals surface area contributed by atoms with Crippen LogP contribution in [0.15, 0.2) is 28.8 Å². The van der Waals surface area contributed by atoms with E-state index in [1.807, 2.05) is 0 Å². The van der Waals surface area contributed by atoms with E-state index < -0.39 is 11.0 Å². The Bertz CT molecular complexity index is 474. The Kier molecular flexibility index (Phi) is 5.40. The van der Waals surface area contributed by atoms with Gasteiger partial charge < -0.3 is 9.84 Å². The first-order valence-corrected chi connectivity index (χ1v) is 5.81. The van der Waals surface area contributed by atoms with Crippen molar-refractivity contribution >= 4 is 28.9 Å². The molecule has 5 nitrogen and oxygen atoms in total. The number of hydrogen-bond acceptors (Lipinski definition) is 4. The topological polar surface area (TPSA) is 72.6 Å². The van der Waals surface area contributed by atoms with E-state index in [1.165, 1.54) is 25.1 Å². The summed E-state index contributed by atoms with van der Waals surface area (Å²) >= 11 is 11.0. The van der Waals surface area contributed by atoms with E-state index in [0.29, 0.717) is 11.3 Å². The van der Waals surface area contributed by atoms with Crippen molar-refractivity contribution < 1.29 is 14.8 Å². The lowest BCUT2D eigenvalue weighted by molar-refractivity contribution is -0.385. The van der Waals surface area contributed by atoms with Crippen LogP contribution in [0.2, 0.25) is 0 Å². The number of nitro benzene ring substituents is 1. The lowest BCUT2D eigenvalue weighted by Crippen LogP contribution is -2.03. The molecule has 0 fully saturated rings. The Labute approximate surface area is 114 Å². The highest BCUT2D eigenvalue weighted by Gasteiger charge is 2.15. The van der Waals surface area contributed by atoms with Crippen LogP contribution < -0.4 is 4.74 Å². The monoisotopic (exact) mass is 291 g/mol. The van der Waals surface area contributed by atoms with Crippen molar-refractivity contribution in [1.29, 1.82) is 0 Å². The van der Waals surface area contributed by atoms with E-state index in [2.05, 4.69) is 0 Å². The number of halogens is 2. The van der Waals surface area contributed by atoms with E-state index in [0.717, 1.165) is 5.54 Å². The van der Waals surface area contributed by atoms with Crippen molar-refractivity contribution in [3.8, 4) is 5.75 Å². The second-order valence-corrected chi connectivity index (χ2v) is 4.20. The fourth-order valence-electron chi connectivity index (χ4n) is 1.29. The fourth-order valence-corrected chi connectivity index (χ4v) is 1.40. The Morgan fingerprint density at radius 1 is 1.67 bits per heavy atom. The maximum Gasteiger partial charge on any atom is 0.270 e. The van der Waals surface area contributed by atoms with Crippen LogP contribution in [0.4, 0.5) is 5.69 Å². The third-order valence-corrected chi connectivity index (χ3v) is 2.73. The molecule has 0 heterocycles. The van der Waals surface area contributed by atoms with Gasteiger partial charge in [0.2, 0.25) is 0 Å². The summed E-state index contributed by atoms with van der Waals surface area (Å²) in [5, 5.41) is 20.5. The van der Waals surface area contributed by atoms with Gasteiger partial charge in [0.1, 0.15) is 12.4 Å². The van der Waals surface area contributed by atoms with Crippen LogP contribution in [0.5, 0.6) is 5.75 Å². The van der Waals surface area contributed by atoms with Gasteiger partial charge in [-0.1, -0.05) is 23.2 Å². The molecule has 0 aromatic heterocycles. The van der Waals surface area contributed by atoms with Crippen molar-refractivity contribution in [2.24, 2.45) is 0 Å². The van der Waals surface area contributed by atoms with E-state index in [-0.39, 0.29) is 17.3 Å². The van der Waals surface area contributed by atoms with E-state index >= 15 is 0 Å². The summed E-state index contributed by atoms with van der Waals surface area (Å²) in [5.41, 5.74) is 1.37. The molecule has 0 unspecified atom stereocenters. The number of nitro groups is 1. The Hall–Kier alpha value is -1.30. The molecule has 0 saturated heterocycles. The zero-order chi connectivity index (χ0) is 13.7. The highest BCUT2D eigenvalue weighted by molar-refractivity contribution is 6.36. The van der Waals surface area contributed by atoms with Gasteiger partial charge in [-0.15, -0.1) is 0 Å². The van der Waals surface area contributed by atoms with E-state index in [9.17, 15) is 15.2 Å². The third-order valence-electron chi connectivity index (χ3n) is 2.14. The van der Waals surface area contributed by atoms with Crippen LogP contribution in [0.3, 0.4) is 0 Å². The summed E-state index contributed by atoms with van der Waals surface area (Å²) < 4.78 is 5.32. The third kappa shape index (κ3) is 3.87. The molecule has 0 spiro atoms. The highest BCUT2D eigenvalue weighted by Crippen LogP contribution is 2.29. The molecule has 1 aromatic rings. The van der Waals surface area contributed by atoms with Gasteiger partial charge in [0.05, 0.1) is 16.1 Å². The number of aliphatic hydroxyl groups is 1. The minimum Gasteiger partial charge on any atom is -0.488 e. The fraction of sp³-hybridized carbons (Fsp3) is 0.273. The first-order chi connectivity index (χ1) is 8.45. The van der Waals surface area contributed by atoms with Crippen molar-refractivity contribution in [3.63, 3.8) is 0 Å². The van der Waals surface area contributed by atoms with Crippen LogP contribution >= 0.6 is 23.2 Å². The normalized spacial score (nSPS) is 13.2. The van der Waals surface area contributed by atoms with Crippen molar-refractivity contribution in [2.45, 2.75) is 13.0 Å². The molecular formula is C11H11Cl2NO4. The molecule has 1 rings (SSSR count). The number of non-ortho nitro benzene ring substituents is 1. The Morgan fingerprint density at radius 3 is 2.83 bits per heavy atom. The molecule has 18 heavy (non-hydrogen) atoms. The van der Waals surface area contributed by atoms with Gasteiger partial charge >= 0.3 is 0 Å². The van der Waals surface area contributed by atoms with Crippen molar-refractivity contribution in [3.05, 3.63) is 44.4 Å². The SMILES string of the molecule is C[C@@H](O)c1cc([N+](=O)[O-])ccc1OC/C(Cl)=C/Cl. The molecule has 1 atom stereocenters. The van der Waals surface area contributed by atoms with Crippen LogP contribution in [0, 0.1) is 10.1 Å². The molecule has 0 saturated carbocycles. The number of benzene rings is 1. The van der Waals surface area contributed by atoms with E-state index in [1.54, 1.807) is 0 Å². The maximum atomic E-state index is 10.6. The second kappa shape index (κ2) is 6.58. The zero-order valence-corrected chi connectivity index (χ0v) is 11.0. The van der Waals surface area contributed by atoms with Crippen molar-refractivity contribution in [2.75, 3.05) is 6.61 Å². The van der Waals surface area contributed by atoms with Crippen molar-refractivity contribution in [1.82, 2.24) is 0 Å². The summed E-state index contributed by atoms with van der Waals surface area (Å²) in [5.74, 6) is 0.326. The maximum absolute atomic E-state index is 10.6. The van der Waals surface area contributed by atoms with Gasteiger partial charge in [0.15, 0.2) is 0 Å². The Morgan fingerprint density at radius 2 is 2.33 bits per heavy atom.